The van der Waals surface area contributed by atoms with Crippen molar-refractivity contribution in [2.45, 2.75) is 46.6 Å². The molecule has 0 fully saturated rings. The molecule has 13 heavy (non-hydrogen) atoms. The minimum atomic E-state index is 0.817. The fraction of sp³-hybridized carbons (Fsp3) is 0.800. The summed E-state index contributed by atoms with van der Waals surface area (Å²) >= 11 is 0. The van der Waals surface area contributed by atoms with Crippen LogP contribution in [0.5, 0.6) is 0 Å². The first-order valence-electron chi connectivity index (χ1n) is 5.05. The van der Waals surface area contributed by atoms with Crippen molar-refractivity contribution < 1.29 is 0 Å². The second-order valence-corrected chi connectivity index (χ2v) is 3.99. The van der Waals surface area contributed by atoms with Crippen LogP contribution in [0.2, 0.25) is 0 Å². The van der Waals surface area contributed by atoms with Gasteiger partial charge in [0.2, 0.25) is 0 Å². The van der Waals surface area contributed by atoms with Crippen molar-refractivity contribution >= 4 is 0 Å². The summed E-state index contributed by atoms with van der Waals surface area (Å²) in [6.07, 6.45) is 5.62. The van der Waals surface area contributed by atoms with Crippen LogP contribution in [-0.4, -0.2) is 15.0 Å². The quantitative estimate of drug-likeness (QED) is 0.653. The fourth-order valence-corrected chi connectivity index (χ4v) is 1.34. The number of hydrogen-bond acceptors (Lipinski definition) is 2. The third-order valence-electron chi connectivity index (χ3n) is 2.21. The average molecular weight is 181 g/mol. The molecule has 0 aliphatic carbocycles. The van der Waals surface area contributed by atoms with Crippen LogP contribution >= 0.6 is 0 Å². The summed E-state index contributed by atoms with van der Waals surface area (Å²) in [4.78, 5) is 0. The van der Waals surface area contributed by atoms with Gasteiger partial charge in [0.05, 0.1) is 11.9 Å². The van der Waals surface area contributed by atoms with Crippen LogP contribution in [-0.2, 0) is 6.54 Å². The maximum absolute atomic E-state index is 4.00. The van der Waals surface area contributed by atoms with E-state index in [0.29, 0.717) is 0 Å². The average Bonchev–Trinajstić information content (AvgIpc) is 2.45. The van der Waals surface area contributed by atoms with Gasteiger partial charge in [0.1, 0.15) is 0 Å². The summed E-state index contributed by atoms with van der Waals surface area (Å²) in [6, 6.07) is 0. The second kappa shape index (κ2) is 5.00. The smallest absolute Gasteiger partial charge is 0.0722 e. The summed E-state index contributed by atoms with van der Waals surface area (Å²) in [5.74, 6) is 0.817. The molecular formula is C10H19N3. The lowest BCUT2D eigenvalue weighted by molar-refractivity contribution is 0.480. The maximum atomic E-state index is 4.00. The fourth-order valence-electron chi connectivity index (χ4n) is 1.34. The van der Waals surface area contributed by atoms with E-state index in [0.717, 1.165) is 18.2 Å². The first kappa shape index (κ1) is 10.2. The Balaban J connectivity index is 2.17. The minimum absolute atomic E-state index is 0.817. The highest BCUT2D eigenvalue weighted by atomic mass is 15.4. The van der Waals surface area contributed by atoms with Crippen molar-refractivity contribution in [1.29, 1.82) is 0 Å². The molecule has 0 radical (unpaired) electrons. The molecule has 1 heterocycles. The normalized spacial score (nSPS) is 11.1. The first-order valence-corrected chi connectivity index (χ1v) is 5.05. The number of aryl methyl sites for hydroxylation is 2. The van der Waals surface area contributed by atoms with Crippen LogP contribution in [0.3, 0.4) is 0 Å². The molecule has 0 spiro atoms. The van der Waals surface area contributed by atoms with Crippen molar-refractivity contribution in [2.75, 3.05) is 0 Å². The van der Waals surface area contributed by atoms with E-state index >= 15 is 0 Å². The molecule has 74 valence electrons. The zero-order valence-corrected chi connectivity index (χ0v) is 8.82. The monoisotopic (exact) mass is 181 g/mol. The molecule has 1 rings (SSSR count). The molecule has 0 aromatic carbocycles. The van der Waals surface area contributed by atoms with Gasteiger partial charge in [0.15, 0.2) is 0 Å². The molecule has 0 bridgehead atoms. The van der Waals surface area contributed by atoms with Crippen LogP contribution in [0.15, 0.2) is 6.20 Å². The highest BCUT2D eigenvalue weighted by Crippen LogP contribution is 2.07. The van der Waals surface area contributed by atoms with Crippen LogP contribution in [0.1, 0.15) is 38.8 Å². The van der Waals surface area contributed by atoms with Crippen LogP contribution in [0, 0.1) is 12.8 Å². The van der Waals surface area contributed by atoms with Gasteiger partial charge in [0.25, 0.3) is 0 Å². The van der Waals surface area contributed by atoms with Crippen molar-refractivity contribution in [2.24, 2.45) is 5.92 Å². The molecule has 0 saturated carbocycles. The van der Waals surface area contributed by atoms with Crippen molar-refractivity contribution in [3.63, 3.8) is 0 Å². The predicted octanol–water partition coefficient (Wildman–Crippen LogP) is 2.41. The summed E-state index contributed by atoms with van der Waals surface area (Å²) in [5.41, 5.74) is 1.16. The minimum Gasteiger partial charge on any atom is -0.250 e. The summed E-state index contributed by atoms with van der Waals surface area (Å²) < 4.78 is 1.97. The molecule has 3 heteroatoms. The molecule has 0 aliphatic heterocycles. The zero-order valence-electron chi connectivity index (χ0n) is 8.82. The standard InChI is InChI=1S/C10H19N3/c1-9(2)6-4-5-7-13-10(3)8-11-12-13/h8-9H,4-7H2,1-3H3. The van der Waals surface area contributed by atoms with Gasteiger partial charge in [-0.3, -0.25) is 0 Å². The molecule has 3 nitrogen and oxygen atoms in total. The number of aromatic nitrogens is 3. The van der Waals surface area contributed by atoms with E-state index < -0.39 is 0 Å². The van der Waals surface area contributed by atoms with E-state index in [2.05, 4.69) is 24.2 Å². The molecular weight excluding hydrogens is 162 g/mol. The number of nitrogens with zero attached hydrogens (tertiary/aromatic N) is 3. The van der Waals surface area contributed by atoms with Crippen LogP contribution < -0.4 is 0 Å². The number of hydrogen-bond donors (Lipinski definition) is 0. The second-order valence-electron chi connectivity index (χ2n) is 3.99. The highest BCUT2D eigenvalue weighted by molar-refractivity contribution is 4.88. The lowest BCUT2D eigenvalue weighted by Gasteiger charge is -2.04. The molecule has 0 N–H and O–H groups in total. The molecule has 0 aliphatic rings. The lowest BCUT2D eigenvalue weighted by Crippen LogP contribution is -2.02. The summed E-state index contributed by atoms with van der Waals surface area (Å²) in [7, 11) is 0. The highest BCUT2D eigenvalue weighted by Gasteiger charge is 1.98. The van der Waals surface area contributed by atoms with Crippen LogP contribution in [0.4, 0.5) is 0 Å². The summed E-state index contributed by atoms with van der Waals surface area (Å²) in [6.45, 7) is 7.59. The third-order valence-corrected chi connectivity index (χ3v) is 2.21. The zero-order chi connectivity index (χ0) is 9.68. The molecule has 0 amide bonds. The Labute approximate surface area is 80.1 Å². The van der Waals surface area contributed by atoms with E-state index in [1.54, 1.807) is 0 Å². The SMILES string of the molecule is Cc1cnnn1CCCCC(C)C. The lowest BCUT2D eigenvalue weighted by atomic mass is 10.1. The number of unbranched alkanes of at least 4 members (excludes halogenated alkanes) is 1. The Hall–Kier alpha value is -0.860. The molecule has 1 aromatic rings. The van der Waals surface area contributed by atoms with Gasteiger partial charge in [-0.25, -0.2) is 4.68 Å². The van der Waals surface area contributed by atoms with Gasteiger partial charge in [-0.1, -0.05) is 31.9 Å². The van der Waals surface area contributed by atoms with E-state index in [-0.39, 0.29) is 0 Å². The van der Waals surface area contributed by atoms with Crippen molar-refractivity contribution in [3.8, 4) is 0 Å². The largest absolute Gasteiger partial charge is 0.250 e. The van der Waals surface area contributed by atoms with Gasteiger partial charge in [0, 0.05) is 6.54 Å². The number of rotatable bonds is 5. The Morgan fingerprint density at radius 3 is 2.69 bits per heavy atom. The molecule has 0 saturated heterocycles. The maximum Gasteiger partial charge on any atom is 0.0722 e. The van der Waals surface area contributed by atoms with E-state index in [4.69, 9.17) is 0 Å². The molecule has 0 atom stereocenters. The van der Waals surface area contributed by atoms with Crippen molar-refractivity contribution in [1.82, 2.24) is 15.0 Å². The predicted molar refractivity (Wildman–Crippen MR) is 53.4 cm³/mol. The van der Waals surface area contributed by atoms with Gasteiger partial charge >= 0.3 is 0 Å². The van der Waals surface area contributed by atoms with Gasteiger partial charge in [-0.15, -0.1) is 5.10 Å². The Kier molecular flexibility index (Phi) is 3.93. The van der Waals surface area contributed by atoms with Gasteiger partial charge in [-0.2, -0.15) is 0 Å². The Morgan fingerprint density at radius 2 is 2.15 bits per heavy atom. The molecule has 0 unspecified atom stereocenters. The van der Waals surface area contributed by atoms with Crippen LogP contribution in [0.25, 0.3) is 0 Å². The van der Waals surface area contributed by atoms with E-state index in [1.165, 1.54) is 19.3 Å². The molecule has 1 aromatic heterocycles. The van der Waals surface area contributed by atoms with Crippen molar-refractivity contribution in [3.05, 3.63) is 11.9 Å². The third kappa shape index (κ3) is 3.57. The Bertz CT molecular complexity index is 240. The van der Waals surface area contributed by atoms with Gasteiger partial charge < -0.3 is 0 Å². The van der Waals surface area contributed by atoms with E-state index in [1.807, 2.05) is 17.8 Å². The van der Waals surface area contributed by atoms with E-state index in [9.17, 15) is 0 Å². The Morgan fingerprint density at radius 1 is 1.38 bits per heavy atom. The summed E-state index contributed by atoms with van der Waals surface area (Å²) in [5, 5.41) is 7.85. The topological polar surface area (TPSA) is 30.7 Å². The van der Waals surface area contributed by atoms with Gasteiger partial charge in [-0.05, 0) is 19.3 Å². The first-order chi connectivity index (χ1) is 6.20.